The molecule has 1 aliphatic rings. The third kappa shape index (κ3) is 1.85. The van der Waals surface area contributed by atoms with Gasteiger partial charge in [-0.15, -0.1) is 0 Å². The smallest absolute Gasteiger partial charge is 0.133 e. The van der Waals surface area contributed by atoms with E-state index in [1.807, 2.05) is 30.3 Å². The van der Waals surface area contributed by atoms with Gasteiger partial charge in [0, 0.05) is 11.3 Å². The molecule has 1 heterocycles. The van der Waals surface area contributed by atoms with Crippen molar-refractivity contribution in [1.82, 2.24) is 0 Å². The van der Waals surface area contributed by atoms with Crippen LogP contribution in [0.5, 0.6) is 0 Å². The molecular weight excluding hydrogens is 222 g/mol. The lowest BCUT2D eigenvalue weighted by Crippen LogP contribution is -2.18. The molecule has 18 heavy (non-hydrogen) atoms. The Morgan fingerprint density at radius 3 is 2.61 bits per heavy atom. The van der Waals surface area contributed by atoms with Crippen molar-refractivity contribution in [3.05, 3.63) is 65.2 Å². The fourth-order valence-electron chi connectivity index (χ4n) is 1.98. The van der Waals surface area contributed by atoms with E-state index in [4.69, 9.17) is 5.26 Å². The van der Waals surface area contributed by atoms with Gasteiger partial charge in [-0.25, -0.2) is 0 Å². The highest BCUT2D eigenvalue weighted by atomic mass is 15.0. The molecule has 0 saturated carbocycles. The number of hydrogen-bond acceptors (Lipinski definition) is 3. The lowest BCUT2D eigenvalue weighted by atomic mass is 10.1. The fraction of sp³-hybridized carbons (Fsp3) is 0.0667. The van der Waals surface area contributed by atoms with Crippen LogP contribution in [0.1, 0.15) is 16.7 Å². The van der Waals surface area contributed by atoms with Gasteiger partial charge in [-0.1, -0.05) is 18.2 Å². The van der Waals surface area contributed by atoms with E-state index in [0.29, 0.717) is 12.1 Å². The van der Waals surface area contributed by atoms with Gasteiger partial charge in [-0.2, -0.15) is 5.26 Å². The van der Waals surface area contributed by atoms with E-state index in [0.717, 1.165) is 17.1 Å². The molecule has 3 nitrogen and oxygen atoms in total. The number of nitriles is 1. The standard InChI is InChI=1S/C15H11N3/c16-9-11-5-7-12(8-6-11)15-17-10-13-3-1-2-4-14(13)18-15/h1-8H,10H2,(H,17,18). The molecule has 0 fully saturated rings. The van der Waals surface area contributed by atoms with Crippen LogP contribution in [0.25, 0.3) is 0 Å². The first-order valence-electron chi connectivity index (χ1n) is 5.77. The van der Waals surface area contributed by atoms with E-state index in [-0.39, 0.29) is 0 Å². The van der Waals surface area contributed by atoms with E-state index < -0.39 is 0 Å². The van der Waals surface area contributed by atoms with Crippen LogP contribution in [0.15, 0.2) is 53.5 Å². The van der Waals surface area contributed by atoms with Crippen LogP contribution in [-0.4, -0.2) is 5.84 Å². The highest BCUT2D eigenvalue weighted by Gasteiger charge is 2.11. The minimum absolute atomic E-state index is 0.663. The third-order valence-corrected chi connectivity index (χ3v) is 2.97. The maximum absolute atomic E-state index is 8.77. The second-order valence-corrected chi connectivity index (χ2v) is 4.14. The summed E-state index contributed by atoms with van der Waals surface area (Å²) >= 11 is 0. The molecule has 0 radical (unpaired) electrons. The van der Waals surface area contributed by atoms with E-state index in [1.54, 1.807) is 12.1 Å². The second kappa shape index (κ2) is 4.34. The number of amidine groups is 1. The van der Waals surface area contributed by atoms with Crippen molar-refractivity contribution in [3.8, 4) is 6.07 Å². The number of nitrogens with one attached hydrogen (secondary N) is 1. The van der Waals surface area contributed by atoms with E-state index in [2.05, 4.69) is 22.4 Å². The first kappa shape index (κ1) is 10.5. The fourth-order valence-corrected chi connectivity index (χ4v) is 1.98. The maximum Gasteiger partial charge on any atom is 0.133 e. The molecule has 0 spiro atoms. The number of rotatable bonds is 1. The molecule has 0 aliphatic carbocycles. The van der Waals surface area contributed by atoms with Gasteiger partial charge < -0.3 is 5.32 Å². The molecule has 3 rings (SSSR count). The predicted molar refractivity (Wildman–Crippen MR) is 71.5 cm³/mol. The minimum atomic E-state index is 0.663. The molecule has 0 aromatic heterocycles. The molecule has 0 saturated heterocycles. The number of aliphatic imine (C=N–C) groups is 1. The normalized spacial score (nSPS) is 12.9. The highest BCUT2D eigenvalue weighted by molar-refractivity contribution is 6.09. The summed E-state index contributed by atoms with van der Waals surface area (Å²) in [6, 6.07) is 17.7. The van der Waals surface area contributed by atoms with Gasteiger partial charge in [0.15, 0.2) is 0 Å². The summed E-state index contributed by atoms with van der Waals surface area (Å²) in [6.07, 6.45) is 0. The van der Waals surface area contributed by atoms with Gasteiger partial charge >= 0.3 is 0 Å². The summed E-state index contributed by atoms with van der Waals surface area (Å²) in [5.41, 5.74) is 3.97. The number of hydrogen-bond donors (Lipinski definition) is 1. The molecule has 3 heteroatoms. The molecule has 2 aromatic carbocycles. The molecule has 0 atom stereocenters. The molecule has 1 N–H and O–H groups in total. The Morgan fingerprint density at radius 1 is 1.06 bits per heavy atom. The molecule has 86 valence electrons. The van der Waals surface area contributed by atoms with Gasteiger partial charge in [0.25, 0.3) is 0 Å². The Balaban J connectivity index is 1.91. The second-order valence-electron chi connectivity index (χ2n) is 4.14. The summed E-state index contributed by atoms with van der Waals surface area (Å²) in [5, 5.41) is 12.1. The van der Waals surface area contributed by atoms with Crippen LogP contribution in [-0.2, 0) is 6.54 Å². The molecule has 0 amide bonds. The van der Waals surface area contributed by atoms with Crippen molar-refractivity contribution in [3.63, 3.8) is 0 Å². The number of benzene rings is 2. The first-order chi connectivity index (χ1) is 8.86. The van der Waals surface area contributed by atoms with E-state index in [9.17, 15) is 0 Å². The van der Waals surface area contributed by atoms with Crippen LogP contribution in [0, 0.1) is 11.3 Å². The zero-order valence-corrected chi connectivity index (χ0v) is 9.72. The minimum Gasteiger partial charge on any atom is -0.340 e. The average Bonchev–Trinajstić information content (AvgIpc) is 2.47. The lowest BCUT2D eigenvalue weighted by Gasteiger charge is -2.18. The average molecular weight is 233 g/mol. The SMILES string of the molecule is N#Cc1ccc(C2=NCc3ccccc3N2)cc1. The van der Waals surface area contributed by atoms with E-state index in [1.165, 1.54) is 5.56 Å². The molecule has 1 aliphatic heterocycles. The van der Waals surface area contributed by atoms with Crippen LogP contribution in [0.4, 0.5) is 5.69 Å². The Bertz CT molecular complexity index is 648. The van der Waals surface area contributed by atoms with Gasteiger partial charge in [0.05, 0.1) is 18.2 Å². The summed E-state index contributed by atoms with van der Waals surface area (Å²) in [7, 11) is 0. The van der Waals surface area contributed by atoms with E-state index >= 15 is 0 Å². The lowest BCUT2D eigenvalue weighted by molar-refractivity contribution is 1.05. The largest absolute Gasteiger partial charge is 0.340 e. The van der Waals surface area contributed by atoms with Crippen molar-refractivity contribution in [2.45, 2.75) is 6.54 Å². The third-order valence-electron chi connectivity index (χ3n) is 2.97. The van der Waals surface area contributed by atoms with Gasteiger partial charge in [-0.05, 0) is 35.9 Å². The Hall–Kier alpha value is -2.60. The number of nitrogens with zero attached hydrogens (tertiary/aromatic N) is 2. The molecule has 2 aromatic rings. The zero-order chi connectivity index (χ0) is 12.4. The number of fused-ring (bicyclic) bond motifs is 1. The predicted octanol–water partition coefficient (Wildman–Crippen LogP) is 2.93. The Morgan fingerprint density at radius 2 is 1.83 bits per heavy atom. The molecule has 0 unspecified atom stereocenters. The monoisotopic (exact) mass is 233 g/mol. The number of anilines is 1. The molecule has 0 bridgehead atoms. The molecular formula is C15H11N3. The van der Waals surface area contributed by atoms with Gasteiger partial charge in [0.2, 0.25) is 0 Å². The highest BCUT2D eigenvalue weighted by Crippen LogP contribution is 2.21. The van der Waals surface area contributed by atoms with Crippen molar-refractivity contribution in [2.75, 3.05) is 5.32 Å². The summed E-state index contributed by atoms with van der Waals surface area (Å²) in [5.74, 6) is 0.859. The quantitative estimate of drug-likeness (QED) is 0.823. The summed E-state index contributed by atoms with van der Waals surface area (Å²) in [6.45, 7) is 0.693. The van der Waals surface area contributed by atoms with Crippen molar-refractivity contribution < 1.29 is 0 Å². The van der Waals surface area contributed by atoms with Crippen LogP contribution in [0.3, 0.4) is 0 Å². The summed E-state index contributed by atoms with van der Waals surface area (Å²) in [4.78, 5) is 4.52. The Kier molecular flexibility index (Phi) is 2.54. The van der Waals surface area contributed by atoms with Gasteiger partial charge in [0.1, 0.15) is 5.84 Å². The Labute approximate surface area is 105 Å². The van der Waals surface area contributed by atoms with Crippen molar-refractivity contribution in [2.24, 2.45) is 4.99 Å². The van der Waals surface area contributed by atoms with Crippen LogP contribution < -0.4 is 5.32 Å². The van der Waals surface area contributed by atoms with Gasteiger partial charge in [-0.3, -0.25) is 4.99 Å². The first-order valence-corrected chi connectivity index (χ1v) is 5.77. The zero-order valence-electron chi connectivity index (χ0n) is 9.72. The summed E-state index contributed by atoms with van der Waals surface area (Å²) < 4.78 is 0. The number of para-hydroxylation sites is 1. The van der Waals surface area contributed by atoms with Crippen molar-refractivity contribution in [1.29, 1.82) is 5.26 Å². The topological polar surface area (TPSA) is 48.2 Å². The van der Waals surface area contributed by atoms with Crippen molar-refractivity contribution >= 4 is 11.5 Å². The van der Waals surface area contributed by atoms with Crippen LogP contribution >= 0.6 is 0 Å². The van der Waals surface area contributed by atoms with Crippen LogP contribution in [0.2, 0.25) is 0 Å². The maximum atomic E-state index is 8.77.